The Bertz CT molecular complexity index is 426. The standard InChI is InChI=1S/C15H25N3O/c1-10(2)19-15-8-13(11-3-5-18-6-4-11)12(9-16)7-14(15)17/h7-8,10-11,18H,3-6,9,16-17H2,1-2H3. The first-order chi connectivity index (χ1) is 9.11. The van der Waals surface area contributed by atoms with E-state index in [9.17, 15) is 0 Å². The second-order valence-electron chi connectivity index (χ2n) is 5.48. The Morgan fingerprint density at radius 2 is 2.00 bits per heavy atom. The van der Waals surface area contributed by atoms with Gasteiger partial charge in [-0.15, -0.1) is 0 Å². The van der Waals surface area contributed by atoms with Gasteiger partial charge in [0.1, 0.15) is 5.75 Å². The molecule has 0 saturated carbocycles. The molecule has 106 valence electrons. The number of rotatable bonds is 4. The molecule has 0 spiro atoms. The SMILES string of the molecule is CC(C)Oc1cc(C2CCNCC2)c(CN)cc1N. The summed E-state index contributed by atoms with van der Waals surface area (Å²) in [6.07, 6.45) is 2.43. The molecule has 5 N–H and O–H groups in total. The summed E-state index contributed by atoms with van der Waals surface area (Å²) in [7, 11) is 0. The topological polar surface area (TPSA) is 73.3 Å². The van der Waals surface area contributed by atoms with Gasteiger partial charge in [-0.25, -0.2) is 0 Å². The highest BCUT2D eigenvalue weighted by atomic mass is 16.5. The fourth-order valence-corrected chi connectivity index (χ4v) is 2.71. The Kier molecular flexibility index (Phi) is 4.66. The summed E-state index contributed by atoms with van der Waals surface area (Å²) in [6.45, 7) is 6.70. The average Bonchev–Trinajstić information content (AvgIpc) is 2.41. The lowest BCUT2D eigenvalue weighted by molar-refractivity contribution is 0.243. The van der Waals surface area contributed by atoms with E-state index < -0.39 is 0 Å². The molecule has 1 aromatic carbocycles. The number of nitrogen functional groups attached to an aromatic ring is 1. The van der Waals surface area contributed by atoms with Crippen LogP contribution in [0.4, 0.5) is 5.69 Å². The zero-order chi connectivity index (χ0) is 13.8. The first-order valence-corrected chi connectivity index (χ1v) is 7.11. The molecule has 0 amide bonds. The highest BCUT2D eigenvalue weighted by Crippen LogP contribution is 2.34. The van der Waals surface area contributed by atoms with Crippen LogP contribution in [-0.2, 0) is 6.54 Å². The maximum atomic E-state index is 6.05. The molecule has 0 aliphatic carbocycles. The third-order valence-corrected chi connectivity index (χ3v) is 3.63. The Morgan fingerprint density at radius 3 is 2.58 bits per heavy atom. The molecule has 0 atom stereocenters. The van der Waals surface area contributed by atoms with E-state index in [1.165, 1.54) is 5.56 Å². The average molecular weight is 263 g/mol. The summed E-state index contributed by atoms with van der Waals surface area (Å²) < 4.78 is 5.79. The Labute approximate surface area is 115 Å². The van der Waals surface area contributed by atoms with E-state index >= 15 is 0 Å². The number of hydrogen-bond acceptors (Lipinski definition) is 4. The molecule has 1 fully saturated rings. The molecule has 2 rings (SSSR count). The van der Waals surface area contributed by atoms with Crippen LogP contribution in [0.1, 0.15) is 43.7 Å². The molecule has 1 saturated heterocycles. The minimum Gasteiger partial charge on any atom is -0.489 e. The summed E-state index contributed by atoms with van der Waals surface area (Å²) in [5.41, 5.74) is 15.1. The normalized spacial score (nSPS) is 16.8. The maximum absolute atomic E-state index is 6.05. The number of anilines is 1. The number of piperidine rings is 1. The fourth-order valence-electron chi connectivity index (χ4n) is 2.71. The highest BCUT2D eigenvalue weighted by Gasteiger charge is 2.20. The van der Waals surface area contributed by atoms with E-state index in [1.54, 1.807) is 0 Å². The number of benzene rings is 1. The van der Waals surface area contributed by atoms with Gasteiger partial charge in [-0.2, -0.15) is 0 Å². The smallest absolute Gasteiger partial charge is 0.142 e. The van der Waals surface area contributed by atoms with Crippen molar-refractivity contribution in [3.05, 3.63) is 23.3 Å². The molecule has 0 bridgehead atoms. The molecule has 1 heterocycles. The van der Waals surface area contributed by atoms with E-state index in [-0.39, 0.29) is 6.10 Å². The molecule has 4 heteroatoms. The van der Waals surface area contributed by atoms with Crippen LogP contribution in [0.25, 0.3) is 0 Å². The molecule has 0 radical (unpaired) electrons. The largest absolute Gasteiger partial charge is 0.489 e. The summed E-state index contributed by atoms with van der Waals surface area (Å²) in [6, 6.07) is 4.09. The van der Waals surface area contributed by atoms with Gasteiger partial charge in [-0.1, -0.05) is 0 Å². The van der Waals surface area contributed by atoms with E-state index in [2.05, 4.69) is 11.4 Å². The van der Waals surface area contributed by atoms with Crippen molar-refractivity contribution >= 4 is 5.69 Å². The fraction of sp³-hybridized carbons (Fsp3) is 0.600. The van der Waals surface area contributed by atoms with Crippen LogP contribution in [-0.4, -0.2) is 19.2 Å². The van der Waals surface area contributed by atoms with E-state index in [1.807, 2.05) is 19.9 Å². The second-order valence-corrected chi connectivity index (χ2v) is 5.48. The molecular formula is C15H25N3O. The van der Waals surface area contributed by atoms with Crippen molar-refractivity contribution in [3.63, 3.8) is 0 Å². The number of ether oxygens (including phenoxy) is 1. The van der Waals surface area contributed by atoms with Crippen LogP contribution < -0.4 is 21.5 Å². The Morgan fingerprint density at radius 1 is 1.32 bits per heavy atom. The van der Waals surface area contributed by atoms with Crippen molar-refractivity contribution in [1.29, 1.82) is 0 Å². The molecule has 0 aromatic heterocycles. The van der Waals surface area contributed by atoms with Crippen LogP contribution in [0.2, 0.25) is 0 Å². The van der Waals surface area contributed by atoms with Crippen LogP contribution in [0, 0.1) is 0 Å². The highest BCUT2D eigenvalue weighted by molar-refractivity contribution is 5.58. The lowest BCUT2D eigenvalue weighted by atomic mass is 9.86. The van der Waals surface area contributed by atoms with Gasteiger partial charge in [-0.3, -0.25) is 0 Å². The third kappa shape index (κ3) is 3.39. The molecule has 0 unspecified atom stereocenters. The Hall–Kier alpha value is -1.26. The van der Waals surface area contributed by atoms with Crippen LogP contribution in [0.3, 0.4) is 0 Å². The van der Waals surface area contributed by atoms with Crippen molar-refractivity contribution in [2.24, 2.45) is 5.73 Å². The zero-order valence-corrected chi connectivity index (χ0v) is 11.9. The molecule has 1 aliphatic rings. The van der Waals surface area contributed by atoms with Crippen molar-refractivity contribution in [2.75, 3.05) is 18.8 Å². The molecule has 19 heavy (non-hydrogen) atoms. The third-order valence-electron chi connectivity index (χ3n) is 3.63. The number of nitrogens with two attached hydrogens (primary N) is 2. The maximum Gasteiger partial charge on any atom is 0.142 e. The summed E-state index contributed by atoms with van der Waals surface area (Å²) in [5.74, 6) is 1.36. The first kappa shape index (κ1) is 14.2. The van der Waals surface area contributed by atoms with Crippen molar-refractivity contribution < 1.29 is 4.74 Å². The van der Waals surface area contributed by atoms with Gasteiger partial charge in [0.15, 0.2) is 0 Å². The molecule has 1 aliphatic heterocycles. The van der Waals surface area contributed by atoms with Gasteiger partial charge in [0.25, 0.3) is 0 Å². The number of nitrogens with one attached hydrogen (secondary N) is 1. The lowest BCUT2D eigenvalue weighted by Crippen LogP contribution is -2.27. The number of hydrogen-bond donors (Lipinski definition) is 3. The zero-order valence-electron chi connectivity index (χ0n) is 11.9. The van der Waals surface area contributed by atoms with Gasteiger partial charge >= 0.3 is 0 Å². The summed E-state index contributed by atoms with van der Waals surface area (Å²) in [4.78, 5) is 0. The first-order valence-electron chi connectivity index (χ1n) is 7.11. The van der Waals surface area contributed by atoms with Crippen molar-refractivity contribution in [3.8, 4) is 5.75 Å². The Balaban J connectivity index is 2.33. The van der Waals surface area contributed by atoms with Crippen LogP contribution in [0.5, 0.6) is 5.75 Å². The van der Waals surface area contributed by atoms with Gasteiger partial charge < -0.3 is 21.5 Å². The minimum atomic E-state index is 0.131. The van der Waals surface area contributed by atoms with Crippen LogP contribution >= 0.6 is 0 Å². The minimum absolute atomic E-state index is 0.131. The predicted octanol–water partition coefficient (Wildman–Crippen LogP) is 1.98. The monoisotopic (exact) mass is 263 g/mol. The summed E-state index contributed by atoms with van der Waals surface area (Å²) >= 11 is 0. The molecule has 1 aromatic rings. The van der Waals surface area contributed by atoms with E-state index in [0.717, 1.165) is 37.2 Å². The van der Waals surface area contributed by atoms with Gasteiger partial charge in [0, 0.05) is 6.54 Å². The second kappa shape index (κ2) is 6.26. The van der Waals surface area contributed by atoms with Crippen LogP contribution in [0.15, 0.2) is 12.1 Å². The quantitative estimate of drug-likeness (QED) is 0.726. The van der Waals surface area contributed by atoms with Gasteiger partial charge in [0.05, 0.1) is 11.8 Å². The van der Waals surface area contributed by atoms with E-state index in [0.29, 0.717) is 18.2 Å². The molecule has 4 nitrogen and oxygen atoms in total. The van der Waals surface area contributed by atoms with Crippen molar-refractivity contribution in [2.45, 2.75) is 45.3 Å². The van der Waals surface area contributed by atoms with Gasteiger partial charge in [0.2, 0.25) is 0 Å². The lowest BCUT2D eigenvalue weighted by Gasteiger charge is -2.26. The van der Waals surface area contributed by atoms with Crippen molar-refractivity contribution in [1.82, 2.24) is 5.32 Å². The van der Waals surface area contributed by atoms with Gasteiger partial charge in [-0.05, 0) is 69.0 Å². The summed E-state index contributed by atoms with van der Waals surface area (Å²) in [5, 5.41) is 3.39. The molecular weight excluding hydrogens is 238 g/mol. The predicted molar refractivity (Wildman–Crippen MR) is 79.4 cm³/mol. The van der Waals surface area contributed by atoms with E-state index in [4.69, 9.17) is 16.2 Å².